The number of pyridine rings is 1. The van der Waals surface area contributed by atoms with Crippen molar-refractivity contribution in [1.29, 1.82) is 0 Å². The van der Waals surface area contributed by atoms with E-state index in [9.17, 15) is 18.0 Å². The predicted octanol–water partition coefficient (Wildman–Crippen LogP) is 2.15. The van der Waals surface area contributed by atoms with Crippen LogP contribution in [0.2, 0.25) is 0 Å². The molecular weight excluding hydrogens is 456 g/mol. The van der Waals surface area contributed by atoms with Crippen molar-refractivity contribution >= 4 is 39.2 Å². The van der Waals surface area contributed by atoms with Gasteiger partial charge in [0.2, 0.25) is 11.8 Å². The topological polar surface area (TPSA) is 133 Å². The Morgan fingerprint density at radius 3 is 2.50 bits per heavy atom. The summed E-state index contributed by atoms with van der Waals surface area (Å²) < 4.78 is 28.1. The third-order valence-corrected chi connectivity index (χ3v) is 6.42. The molecule has 10 nitrogen and oxygen atoms in total. The molecule has 1 aromatic heterocycles. The molecular formula is C23H30N6O4S. The third kappa shape index (κ3) is 7.92. The Balaban J connectivity index is 1.54. The fourth-order valence-corrected chi connectivity index (χ4v) is 4.59. The Labute approximate surface area is 199 Å². The summed E-state index contributed by atoms with van der Waals surface area (Å²) >= 11 is 0. The summed E-state index contributed by atoms with van der Waals surface area (Å²) in [5.74, 6) is 0.241. The maximum atomic E-state index is 12.8. The summed E-state index contributed by atoms with van der Waals surface area (Å²) in [6, 6.07) is 11.3. The second-order valence-electron chi connectivity index (χ2n) is 8.21. The van der Waals surface area contributed by atoms with Crippen LogP contribution in [0.15, 0.2) is 52.4 Å². The highest BCUT2D eigenvalue weighted by atomic mass is 32.2. The summed E-state index contributed by atoms with van der Waals surface area (Å²) in [7, 11) is -2.17. The largest absolute Gasteiger partial charge is 0.325 e. The van der Waals surface area contributed by atoms with E-state index in [2.05, 4.69) is 25.3 Å². The lowest BCUT2D eigenvalue weighted by Crippen LogP contribution is -2.36. The Morgan fingerprint density at radius 1 is 1.00 bits per heavy atom. The van der Waals surface area contributed by atoms with Crippen molar-refractivity contribution in [2.24, 2.45) is 4.99 Å². The number of anilines is 2. The summed E-state index contributed by atoms with van der Waals surface area (Å²) in [5.41, 5.74) is 1.13. The quantitative estimate of drug-likeness (QED) is 0.524. The number of amidine groups is 1. The highest BCUT2D eigenvalue weighted by molar-refractivity contribution is 7.90. The number of nitrogens with zero attached hydrogens (tertiary/aromatic N) is 3. The minimum Gasteiger partial charge on any atom is -0.325 e. The molecule has 0 saturated heterocycles. The van der Waals surface area contributed by atoms with E-state index >= 15 is 0 Å². The van der Waals surface area contributed by atoms with E-state index in [1.807, 2.05) is 13.0 Å². The number of rotatable bonds is 8. The normalized spacial score (nSPS) is 14.1. The van der Waals surface area contributed by atoms with Crippen LogP contribution < -0.4 is 15.4 Å². The second kappa shape index (κ2) is 11.7. The number of nitrogens with one attached hydrogen (secondary N) is 3. The molecule has 11 heteroatoms. The van der Waals surface area contributed by atoms with Gasteiger partial charge in [-0.15, -0.1) is 0 Å². The molecule has 1 aliphatic rings. The van der Waals surface area contributed by atoms with Crippen LogP contribution in [0.3, 0.4) is 0 Å². The minimum absolute atomic E-state index is 0.0104. The zero-order valence-electron chi connectivity index (χ0n) is 19.4. The number of amides is 2. The van der Waals surface area contributed by atoms with Gasteiger partial charge in [-0.25, -0.2) is 13.4 Å². The average molecular weight is 487 g/mol. The van der Waals surface area contributed by atoms with Crippen LogP contribution in [0.4, 0.5) is 11.5 Å². The Kier molecular flexibility index (Phi) is 8.72. The first-order chi connectivity index (χ1) is 16.2. The number of sulfonamides is 1. The molecule has 3 N–H and O–H groups in total. The van der Waals surface area contributed by atoms with Gasteiger partial charge in [-0.1, -0.05) is 18.6 Å². The maximum Gasteiger partial charge on any atom is 0.262 e. The Morgan fingerprint density at radius 2 is 1.74 bits per heavy atom. The average Bonchev–Trinajstić information content (AvgIpc) is 3.01. The van der Waals surface area contributed by atoms with E-state index in [0.29, 0.717) is 30.3 Å². The van der Waals surface area contributed by atoms with E-state index in [1.165, 1.54) is 12.1 Å². The fourth-order valence-electron chi connectivity index (χ4n) is 3.45. The molecule has 3 rings (SSSR count). The molecule has 0 radical (unpaired) electrons. The number of carbonyl (C=O) groups is 2. The molecule has 2 heterocycles. The molecule has 1 aromatic carbocycles. The summed E-state index contributed by atoms with van der Waals surface area (Å²) in [6.45, 7) is 2.37. The second-order valence-corrected chi connectivity index (χ2v) is 9.89. The first-order valence-corrected chi connectivity index (χ1v) is 12.6. The standard InChI is InChI=1S/C23H30N6O4S/c1-17-8-6-12-21(25-17)27-23(31)16-29(2)15-22(30)26-18-9-7-10-19(14-18)34(32,33)28-20-11-4-3-5-13-24-20/h6-10,12,14H,3-5,11,13,15-16H2,1-2H3,(H,24,28)(H,26,30)(H,25,27,31). The van der Waals surface area contributed by atoms with Crippen molar-refractivity contribution in [1.82, 2.24) is 14.6 Å². The zero-order valence-corrected chi connectivity index (χ0v) is 20.2. The van der Waals surface area contributed by atoms with Gasteiger partial charge >= 0.3 is 0 Å². The van der Waals surface area contributed by atoms with Crippen molar-refractivity contribution in [2.75, 3.05) is 37.3 Å². The van der Waals surface area contributed by atoms with E-state index < -0.39 is 10.0 Å². The highest BCUT2D eigenvalue weighted by Gasteiger charge is 2.18. The first-order valence-electron chi connectivity index (χ1n) is 11.1. The number of benzene rings is 1. The number of aromatic nitrogens is 1. The van der Waals surface area contributed by atoms with Crippen LogP contribution in [-0.2, 0) is 19.6 Å². The molecule has 0 atom stereocenters. The smallest absolute Gasteiger partial charge is 0.262 e. The lowest BCUT2D eigenvalue weighted by molar-refractivity contribution is -0.119. The van der Waals surface area contributed by atoms with E-state index in [1.54, 1.807) is 36.2 Å². The van der Waals surface area contributed by atoms with Gasteiger partial charge in [0.25, 0.3) is 10.0 Å². The van der Waals surface area contributed by atoms with Gasteiger partial charge in [-0.2, -0.15) is 0 Å². The number of aryl methyl sites for hydroxylation is 1. The SMILES string of the molecule is Cc1cccc(NC(=O)CN(C)CC(=O)Nc2cccc(S(=O)(=O)NC3=NCCCCC3)c2)n1. The van der Waals surface area contributed by atoms with E-state index in [-0.39, 0.29) is 29.8 Å². The molecule has 0 saturated carbocycles. The molecule has 0 spiro atoms. The fraction of sp³-hybridized carbons (Fsp3) is 0.391. The van der Waals surface area contributed by atoms with Crippen molar-refractivity contribution in [2.45, 2.75) is 37.5 Å². The van der Waals surface area contributed by atoms with Crippen LogP contribution in [0.25, 0.3) is 0 Å². The molecule has 2 aromatic rings. The van der Waals surface area contributed by atoms with Gasteiger partial charge in [0.1, 0.15) is 11.7 Å². The van der Waals surface area contributed by atoms with Crippen LogP contribution in [0, 0.1) is 6.92 Å². The molecule has 1 aliphatic heterocycles. The first kappa shape index (κ1) is 25.3. The maximum absolute atomic E-state index is 12.8. The lowest BCUT2D eigenvalue weighted by atomic mass is 10.2. The lowest BCUT2D eigenvalue weighted by Gasteiger charge is -2.16. The van der Waals surface area contributed by atoms with Crippen molar-refractivity contribution in [3.8, 4) is 0 Å². The van der Waals surface area contributed by atoms with Crippen molar-refractivity contribution in [3.63, 3.8) is 0 Å². The van der Waals surface area contributed by atoms with Crippen LogP contribution in [-0.4, -0.2) is 62.6 Å². The summed E-state index contributed by atoms with van der Waals surface area (Å²) in [4.78, 5) is 34.8. The van der Waals surface area contributed by atoms with Crippen molar-refractivity contribution < 1.29 is 18.0 Å². The number of hydrogen-bond acceptors (Lipinski definition) is 7. The minimum atomic E-state index is -3.81. The van der Waals surface area contributed by atoms with Crippen LogP contribution in [0.1, 0.15) is 31.4 Å². The van der Waals surface area contributed by atoms with Gasteiger partial charge < -0.3 is 10.6 Å². The van der Waals surface area contributed by atoms with Gasteiger partial charge in [0.15, 0.2) is 0 Å². The molecule has 0 aliphatic carbocycles. The highest BCUT2D eigenvalue weighted by Crippen LogP contribution is 2.16. The monoisotopic (exact) mass is 486 g/mol. The summed E-state index contributed by atoms with van der Waals surface area (Å²) in [5, 5.41) is 5.37. The van der Waals surface area contributed by atoms with Crippen LogP contribution >= 0.6 is 0 Å². The predicted molar refractivity (Wildman–Crippen MR) is 131 cm³/mol. The molecule has 0 unspecified atom stereocenters. The number of carbonyl (C=O) groups excluding carboxylic acids is 2. The Hall–Kier alpha value is -3.31. The number of likely N-dealkylation sites (N-methyl/N-ethyl adjacent to an activating group) is 1. The van der Waals surface area contributed by atoms with Gasteiger partial charge in [0.05, 0.1) is 18.0 Å². The Bertz CT molecular complexity index is 1170. The number of aliphatic imine (C=N–C) groups is 1. The molecule has 182 valence electrons. The number of hydrogen-bond donors (Lipinski definition) is 3. The van der Waals surface area contributed by atoms with E-state index in [0.717, 1.165) is 25.0 Å². The summed E-state index contributed by atoms with van der Waals surface area (Å²) in [6.07, 6.45) is 3.46. The van der Waals surface area contributed by atoms with Gasteiger partial charge in [0, 0.05) is 24.3 Å². The zero-order chi connectivity index (χ0) is 24.6. The van der Waals surface area contributed by atoms with Gasteiger partial charge in [-0.05, 0) is 57.1 Å². The van der Waals surface area contributed by atoms with Gasteiger partial charge in [-0.3, -0.25) is 24.2 Å². The van der Waals surface area contributed by atoms with Crippen LogP contribution in [0.5, 0.6) is 0 Å². The molecule has 0 fully saturated rings. The van der Waals surface area contributed by atoms with Crippen molar-refractivity contribution in [3.05, 3.63) is 48.2 Å². The molecule has 0 bridgehead atoms. The third-order valence-electron chi connectivity index (χ3n) is 5.04. The van der Waals surface area contributed by atoms with E-state index in [4.69, 9.17) is 0 Å². The molecule has 34 heavy (non-hydrogen) atoms. The molecule has 2 amide bonds.